The molecule has 1 aromatic rings. The minimum atomic E-state index is -0.160. The molecule has 0 radical (unpaired) electrons. The fourth-order valence-corrected chi connectivity index (χ4v) is 3.62. The van der Waals surface area contributed by atoms with Crippen LogP contribution in [0.2, 0.25) is 5.02 Å². The highest BCUT2D eigenvalue weighted by molar-refractivity contribution is 6.30. The summed E-state index contributed by atoms with van der Waals surface area (Å²) in [7, 11) is 0. The molecule has 0 saturated carbocycles. The van der Waals surface area contributed by atoms with Crippen molar-refractivity contribution in [2.75, 3.05) is 0 Å². The summed E-state index contributed by atoms with van der Waals surface area (Å²) in [4.78, 5) is 4.75. The van der Waals surface area contributed by atoms with Crippen LogP contribution in [0.4, 0.5) is 5.69 Å². The molecule has 1 unspecified atom stereocenters. The lowest BCUT2D eigenvalue weighted by Crippen LogP contribution is -2.31. The van der Waals surface area contributed by atoms with Gasteiger partial charge in [0.1, 0.15) is 5.60 Å². The molecule has 0 spiro atoms. The molecule has 1 aliphatic rings. The third-order valence-electron chi connectivity index (χ3n) is 4.44. The minimum Gasteiger partial charge on any atom is -0.466 e. The molecule has 1 aromatic carbocycles. The van der Waals surface area contributed by atoms with Gasteiger partial charge in [-0.05, 0) is 49.5 Å². The maximum absolute atomic E-state index is 6.42. The molecule has 0 aromatic heterocycles. The van der Waals surface area contributed by atoms with E-state index in [4.69, 9.17) is 21.3 Å². The van der Waals surface area contributed by atoms with Crippen LogP contribution in [-0.4, -0.2) is 11.5 Å². The second kappa shape index (κ2) is 7.32. The van der Waals surface area contributed by atoms with Crippen LogP contribution in [0.1, 0.15) is 59.8 Å². The monoisotopic (exact) mass is 319 g/mol. The van der Waals surface area contributed by atoms with Crippen LogP contribution in [0.15, 0.2) is 40.4 Å². The van der Waals surface area contributed by atoms with Gasteiger partial charge in [0.05, 0.1) is 5.69 Å². The summed E-state index contributed by atoms with van der Waals surface area (Å²) < 4.78 is 6.42. The molecule has 0 fully saturated rings. The first-order valence-corrected chi connectivity index (χ1v) is 8.74. The van der Waals surface area contributed by atoms with Crippen LogP contribution in [0.25, 0.3) is 0 Å². The highest BCUT2D eigenvalue weighted by Gasteiger charge is 2.42. The molecule has 22 heavy (non-hydrogen) atoms. The van der Waals surface area contributed by atoms with Gasteiger partial charge in [-0.25, -0.2) is 4.99 Å². The lowest BCUT2D eigenvalue weighted by atomic mass is 9.83. The largest absolute Gasteiger partial charge is 0.466 e. The normalized spacial score (nSPS) is 23.2. The molecule has 0 N–H and O–H groups in total. The minimum absolute atomic E-state index is 0.160. The summed E-state index contributed by atoms with van der Waals surface area (Å²) in [6, 6.07) is 7.63. The van der Waals surface area contributed by atoms with E-state index >= 15 is 0 Å². The highest BCUT2D eigenvalue weighted by Crippen LogP contribution is 2.43. The van der Waals surface area contributed by atoms with E-state index in [9.17, 15) is 0 Å². The number of halogens is 1. The smallest absolute Gasteiger partial charge is 0.218 e. The van der Waals surface area contributed by atoms with Gasteiger partial charge in [-0.3, -0.25) is 0 Å². The van der Waals surface area contributed by atoms with E-state index in [1.807, 2.05) is 24.3 Å². The maximum atomic E-state index is 6.42. The highest BCUT2D eigenvalue weighted by atomic mass is 35.5. The van der Waals surface area contributed by atoms with Crippen LogP contribution < -0.4 is 0 Å². The zero-order valence-corrected chi connectivity index (χ0v) is 14.8. The van der Waals surface area contributed by atoms with Crippen LogP contribution in [0.5, 0.6) is 0 Å². The summed E-state index contributed by atoms with van der Waals surface area (Å²) in [6.45, 7) is 8.82. The summed E-state index contributed by atoms with van der Waals surface area (Å²) >= 11 is 6.07. The quantitative estimate of drug-likeness (QED) is 0.589. The van der Waals surface area contributed by atoms with Crippen molar-refractivity contribution in [1.82, 2.24) is 0 Å². The molecule has 120 valence electrons. The van der Waals surface area contributed by atoms with E-state index in [0.717, 1.165) is 43.7 Å². The second-order valence-electron chi connectivity index (χ2n) is 5.76. The fourth-order valence-electron chi connectivity index (χ4n) is 3.43. The Morgan fingerprint density at radius 1 is 1.14 bits per heavy atom. The average Bonchev–Trinajstić information content (AvgIpc) is 2.80. The molecule has 0 amide bonds. The Morgan fingerprint density at radius 2 is 1.91 bits per heavy atom. The lowest BCUT2D eigenvalue weighted by Gasteiger charge is -2.30. The van der Waals surface area contributed by atoms with Gasteiger partial charge in [0.2, 0.25) is 5.90 Å². The second-order valence-corrected chi connectivity index (χ2v) is 6.20. The zero-order chi connectivity index (χ0) is 16.2. The van der Waals surface area contributed by atoms with Crippen LogP contribution >= 0.6 is 11.6 Å². The maximum Gasteiger partial charge on any atom is 0.218 e. The number of benzene rings is 1. The molecule has 1 atom stereocenters. The Hall–Kier alpha value is -1.28. The molecule has 1 heterocycles. The molecule has 3 heteroatoms. The van der Waals surface area contributed by atoms with E-state index in [2.05, 4.69) is 27.7 Å². The Labute approximate surface area is 139 Å². The van der Waals surface area contributed by atoms with Crippen LogP contribution in [0.3, 0.4) is 0 Å². The summed E-state index contributed by atoms with van der Waals surface area (Å²) in [6.07, 6.45) is 5.12. The number of ether oxygens (including phenoxy) is 1. The van der Waals surface area contributed by atoms with Crippen molar-refractivity contribution in [3.63, 3.8) is 0 Å². The van der Waals surface area contributed by atoms with Gasteiger partial charge in [-0.2, -0.15) is 0 Å². The molecular formula is C19H26ClNO. The zero-order valence-electron chi connectivity index (χ0n) is 14.1. The number of hydrogen-bond donors (Lipinski definition) is 0. The first kappa shape index (κ1) is 17.1. The standard InChI is InChI=1S/C19H26ClNO/c1-5-12-19(8-4)17(7-3)16(6-2)18(22-19)21-15-11-9-10-14(20)13-15/h9-11,13H,5-8,12H2,1-4H3. The van der Waals surface area contributed by atoms with E-state index in [1.54, 1.807) is 0 Å². The molecule has 0 aliphatic carbocycles. The lowest BCUT2D eigenvalue weighted by molar-refractivity contribution is 0.0897. The van der Waals surface area contributed by atoms with Crippen molar-refractivity contribution in [2.45, 2.75) is 65.4 Å². The van der Waals surface area contributed by atoms with Gasteiger partial charge >= 0.3 is 0 Å². The number of aliphatic imine (C=N–C) groups is 1. The Balaban J connectivity index is 2.47. The number of hydrogen-bond acceptors (Lipinski definition) is 2. The number of rotatable bonds is 6. The molecular weight excluding hydrogens is 294 g/mol. The molecule has 2 nitrogen and oxygen atoms in total. The van der Waals surface area contributed by atoms with E-state index in [1.165, 1.54) is 11.1 Å². The van der Waals surface area contributed by atoms with Crippen molar-refractivity contribution in [3.8, 4) is 0 Å². The first-order valence-electron chi connectivity index (χ1n) is 8.36. The average molecular weight is 320 g/mol. The van der Waals surface area contributed by atoms with Crippen molar-refractivity contribution < 1.29 is 4.74 Å². The van der Waals surface area contributed by atoms with Gasteiger partial charge < -0.3 is 4.74 Å². The van der Waals surface area contributed by atoms with Gasteiger partial charge in [0.25, 0.3) is 0 Å². The van der Waals surface area contributed by atoms with E-state index in [0.29, 0.717) is 5.02 Å². The van der Waals surface area contributed by atoms with E-state index < -0.39 is 0 Å². The SMILES string of the molecule is CCCC1(CC)OC(=Nc2cccc(Cl)c2)C(CC)=C1CC. The van der Waals surface area contributed by atoms with Gasteiger partial charge in [0.15, 0.2) is 0 Å². The predicted octanol–water partition coefficient (Wildman–Crippen LogP) is 6.47. The first-order chi connectivity index (χ1) is 10.6. The summed E-state index contributed by atoms with van der Waals surface area (Å²) in [5, 5.41) is 0.702. The van der Waals surface area contributed by atoms with Crippen molar-refractivity contribution in [1.29, 1.82) is 0 Å². The van der Waals surface area contributed by atoms with Crippen LogP contribution in [-0.2, 0) is 4.74 Å². The van der Waals surface area contributed by atoms with Crippen molar-refractivity contribution >= 4 is 23.2 Å². The molecule has 0 saturated heterocycles. The topological polar surface area (TPSA) is 21.6 Å². The Kier molecular flexibility index (Phi) is 5.69. The summed E-state index contributed by atoms with van der Waals surface area (Å²) in [5.74, 6) is 0.789. The third kappa shape index (κ3) is 3.22. The van der Waals surface area contributed by atoms with Gasteiger partial charge in [-0.1, -0.05) is 51.8 Å². The third-order valence-corrected chi connectivity index (χ3v) is 4.67. The van der Waals surface area contributed by atoms with Gasteiger partial charge in [0, 0.05) is 10.6 Å². The van der Waals surface area contributed by atoms with Gasteiger partial charge in [-0.15, -0.1) is 0 Å². The fraction of sp³-hybridized carbons (Fsp3) is 0.526. The number of nitrogens with zero attached hydrogens (tertiary/aromatic N) is 1. The van der Waals surface area contributed by atoms with Crippen molar-refractivity contribution in [2.24, 2.45) is 4.99 Å². The Morgan fingerprint density at radius 3 is 2.45 bits per heavy atom. The van der Waals surface area contributed by atoms with E-state index in [-0.39, 0.29) is 5.60 Å². The molecule has 1 aliphatic heterocycles. The Bertz CT molecular complexity index is 591. The van der Waals surface area contributed by atoms with Crippen LogP contribution in [0, 0.1) is 0 Å². The molecule has 2 rings (SSSR count). The molecule has 0 bridgehead atoms. The predicted molar refractivity (Wildman–Crippen MR) is 95.2 cm³/mol. The van der Waals surface area contributed by atoms with Crippen molar-refractivity contribution in [3.05, 3.63) is 40.4 Å². The summed E-state index contributed by atoms with van der Waals surface area (Å²) in [5.41, 5.74) is 3.40.